The summed E-state index contributed by atoms with van der Waals surface area (Å²) in [5.41, 5.74) is 10.1. The first kappa shape index (κ1) is 10.5. The van der Waals surface area contributed by atoms with Crippen molar-refractivity contribution >= 4 is 11.9 Å². The Balaban J connectivity index is 2.75. The molecule has 0 aromatic heterocycles. The normalized spacial score (nSPS) is 20.1. The highest BCUT2D eigenvalue weighted by molar-refractivity contribution is 5.83. The number of aliphatic carboxylic acids is 1. The lowest BCUT2D eigenvalue weighted by molar-refractivity contribution is -0.141. The van der Waals surface area contributed by atoms with Gasteiger partial charge in [0, 0.05) is 13.1 Å². The predicted molar refractivity (Wildman–Crippen MR) is 51.8 cm³/mol. The van der Waals surface area contributed by atoms with Gasteiger partial charge in [-0.25, -0.2) is 4.79 Å². The summed E-state index contributed by atoms with van der Waals surface area (Å²) >= 11 is 0. The third-order valence-corrected chi connectivity index (χ3v) is 2.37. The smallest absolute Gasteiger partial charge is 0.327 e. The number of carboxylic acid groups (broad SMARTS) is 1. The second-order valence-corrected chi connectivity index (χ2v) is 3.50. The molecule has 0 radical (unpaired) electrons. The lowest BCUT2D eigenvalue weighted by atomic mass is 9.94. The zero-order chi connectivity index (χ0) is 10.9. The van der Waals surface area contributed by atoms with Crippen LogP contribution in [0, 0.1) is 5.41 Å². The van der Waals surface area contributed by atoms with Crippen LogP contribution in [0.15, 0.2) is 11.6 Å². The molecule has 0 amide bonds. The number of carbonyl (C=O) groups is 1. The van der Waals surface area contributed by atoms with Crippen LogP contribution < -0.4 is 11.5 Å². The van der Waals surface area contributed by atoms with Crippen LogP contribution in [0.25, 0.3) is 0 Å². The van der Waals surface area contributed by atoms with Gasteiger partial charge in [-0.1, -0.05) is 6.08 Å². The molecular weight excluding hydrogens is 184 g/mol. The Bertz CT molecular complexity index is 308. The van der Waals surface area contributed by atoms with Gasteiger partial charge in [0.1, 0.15) is 5.54 Å². The fourth-order valence-corrected chi connectivity index (χ4v) is 1.25. The monoisotopic (exact) mass is 198 g/mol. The van der Waals surface area contributed by atoms with Crippen LogP contribution in [0.4, 0.5) is 0 Å². The average Bonchev–Trinajstić information content (AvgIpc) is 2.51. The van der Waals surface area contributed by atoms with E-state index < -0.39 is 11.5 Å². The van der Waals surface area contributed by atoms with E-state index in [9.17, 15) is 4.79 Å². The highest BCUT2D eigenvalue weighted by Crippen LogP contribution is 2.19. The lowest BCUT2D eigenvalue weighted by Crippen LogP contribution is -2.48. The zero-order valence-corrected chi connectivity index (χ0v) is 7.95. The summed E-state index contributed by atoms with van der Waals surface area (Å²) in [6.07, 6.45) is 1.70. The first-order chi connectivity index (χ1) is 6.35. The molecule has 1 rings (SSSR count). The molecule has 1 aliphatic heterocycles. The molecule has 1 unspecified atom stereocenters. The summed E-state index contributed by atoms with van der Waals surface area (Å²) in [6, 6.07) is 0. The summed E-state index contributed by atoms with van der Waals surface area (Å²) in [6.45, 7) is 2.20. The van der Waals surface area contributed by atoms with Crippen LogP contribution in [0.5, 0.6) is 0 Å². The van der Waals surface area contributed by atoms with Gasteiger partial charge in [0.05, 0.1) is 0 Å². The number of rotatable bonds is 2. The molecule has 78 valence electrons. The standard InChI is InChI=1S/C8H14N4O2/c1-8(11,6(13)14)5-2-3-12(4-5)7(9)10/h2H,3-4,11H2,1H3,(H3,9,10)(H,13,14). The molecule has 0 aliphatic carbocycles. The molecule has 6 heteroatoms. The van der Waals surface area contributed by atoms with Crippen LogP contribution in [-0.4, -0.2) is 40.6 Å². The SMILES string of the molecule is CC(N)(C(=O)O)C1=CCN(C(=N)N)C1. The van der Waals surface area contributed by atoms with Crippen LogP contribution in [0.2, 0.25) is 0 Å². The van der Waals surface area contributed by atoms with Crippen molar-refractivity contribution in [2.45, 2.75) is 12.5 Å². The molecule has 0 fully saturated rings. The molecule has 1 atom stereocenters. The van der Waals surface area contributed by atoms with E-state index in [4.69, 9.17) is 22.0 Å². The predicted octanol–water partition coefficient (Wildman–Crippen LogP) is -1.08. The van der Waals surface area contributed by atoms with E-state index in [1.54, 1.807) is 11.0 Å². The van der Waals surface area contributed by atoms with Gasteiger partial charge in [0.15, 0.2) is 5.96 Å². The van der Waals surface area contributed by atoms with Crippen molar-refractivity contribution < 1.29 is 9.90 Å². The lowest BCUT2D eigenvalue weighted by Gasteiger charge is -2.23. The van der Waals surface area contributed by atoms with Gasteiger partial charge in [0.25, 0.3) is 0 Å². The van der Waals surface area contributed by atoms with Gasteiger partial charge in [-0.05, 0) is 12.5 Å². The Labute approximate surface area is 81.7 Å². The van der Waals surface area contributed by atoms with Gasteiger partial charge < -0.3 is 21.5 Å². The van der Waals surface area contributed by atoms with Crippen LogP contribution in [0.1, 0.15) is 6.92 Å². The van der Waals surface area contributed by atoms with E-state index in [1.165, 1.54) is 6.92 Å². The van der Waals surface area contributed by atoms with Gasteiger partial charge in [-0.3, -0.25) is 5.41 Å². The van der Waals surface area contributed by atoms with Gasteiger partial charge in [-0.2, -0.15) is 0 Å². The summed E-state index contributed by atoms with van der Waals surface area (Å²) in [5.74, 6) is -1.15. The second kappa shape index (κ2) is 3.30. The average molecular weight is 198 g/mol. The molecule has 0 saturated carbocycles. The Morgan fingerprint density at radius 2 is 2.36 bits per heavy atom. The van der Waals surface area contributed by atoms with Crippen molar-refractivity contribution in [1.29, 1.82) is 5.41 Å². The van der Waals surface area contributed by atoms with Crippen molar-refractivity contribution in [3.8, 4) is 0 Å². The fraction of sp³-hybridized carbons (Fsp3) is 0.500. The first-order valence-electron chi connectivity index (χ1n) is 4.16. The number of nitrogens with one attached hydrogen (secondary N) is 1. The van der Waals surface area contributed by atoms with E-state index in [1.807, 2.05) is 0 Å². The number of nitrogens with zero attached hydrogens (tertiary/aromatic N) is 1. The van der Waals surface area contributed by atoms with E-state index in [0.29, 0.717) is 18.7 Å². The largest absolute Gasteiger partial charge is 0.480 e. The number of hydrogen-bond donors (Lipinski definition) is 4. The van der Waals surface area contributed by atoms with Crippen molar-refractivity contribution in [3.05, 3.63) is 11.6 Å². The van der Waals surface area contributed by atoms with E-state index in [2.05, 4.69) is 0 Å². The minimum atomic E-state index is -1.37. The minimum Gasteiger partial charge on any atom is -0.480 e. The Hall–Kier alpha value is -1.56. The van der Waals surface area contributed by atoms with Crippen LogP contribution in [0.3, 0.4) is 0 Å². The first-order valence-corrected chi connectivity index (χ1v) is 4.16. The maximum atomic E-state index is 10.8. The van der Waals surface area contributed by atoms with Gasteiger partial charge in [0.2, 0.25) is 0 Å². The maximum absolute atomic E-state index is 10.8. The number of nitrogens with two attached hydrogens (primary N) is 2. The van der Waals surface area contributed by atoms with Crippen molar-refractivity contribution in [3.63, 3.8) is 0 Å². The molecule has 0 spiro atoms. The zero-order valence-electron chi connectivity index (χ0n) is 7.95. The van der Waals surface area contributed by atoms with E-state index >= 15 is 0 Å². The molecule has 1 aliphatic rings. The Kier molecular flexibility index (Phi) is 2.48. The highest BCUT2D eigenvalue weighted by atomic mass is 16.4. The summed E-state index contributed by atoms with van der Waals surface area (Å²) < 4.78 is 0. The number of hydrogen-bond acceptors (Lipinski definition) is 3. The molecule has 1 heterocycles. The molecule has 0 aromatic carbocycles. The Morgan fingerprint density at radius 1 is 1.79 bits per heavy atom. The van der Waals surface area contributed by atoms with E-state index in [-0.39, 0.29) is 5.96 Å². The molecule has 0 saturated heterocycles. The van der Waals surface area contributed by atoms with E-state index in [0.717, 1.165) is 0 Å². The molecule has 6 nitrogen and oxygen atoms in total. The molecular formula is C8H14N4O2. The van der Waals surface area contributed by atoms with Crippen LogP contribution in [-0.2, 0) is 4.79 Å². The molecule has 14 heavy (non-hydrogen) atoms. The molecule has 0 aromatic rings. The summed E-state index contributed by atoms with van der Waals surface area (Å²) in [7, 11) is 0. The highest BCUT2D eigenvalue weighted by Gasteiger charge is 2.35. The van der Waals surface area contributed by atoms with Crippen LogP contribution >= 0.6 is 0 Å². The third kappa shape index (κ3) is 1.69. The van der Waals surface area contributed by atoms with Gasteiger partial charge >= 0.3 is 5.97 Å². The third-order valence-electron chi connectivity index (χ3n) is 2.37. The van der Waals surface area contributed by atoms with Gasteiger partial charge in [-0.15, -0.1) is 0 Å². The van der Waals surface area contributed by atoms with Crippen molar-refractivity contribution in [2.75, 3.05) is 13.1 Å². The van der Waals surface area contributed by atoms with Crippen molar-refractivity contribution in [2.24, 2.45) is 11.5 Å². The Morgan fingerprint density at radius 3 is 2.71 bits per heavy atom. The number of guanidine groups is 1. The topological polar surface area (TPSA) is 116 Å². The molecule has 6 N–H and O–H groups in total. The number of carboxylic acids is 1. The summed E-state index contributed by atoms with van der Waals surface area (Å²) in [4.78, 5) is 12.4. The quantitative estimate of drug-likeness (QED) is 0.256. The van der Waals surface area contributed by atoms with Crippen molar-refractivity contribution in [1.82, 2.24) is 4.90 Å². The second-order valence-electron chi connectivity index (χ2n) is 3.50. The fourth-order valence-electron chi connectivity index (χ4n) is 1.25. The maximum Gasteiger partial charge on any atom is 0.327 e. The summed E-state index contributed by atoms with van der Waals surface area (Å²) in [5, 5.41) is 16.0. The molecule has 0 bridgehead atoms. The minimum absolute atomic E-state index is 0.0718.